The van der Waals surface area contributed by atoms with Gasteiger partial charge in [0.15, 0.2) is 5.82 Å². The summed E-state index contributed by atoms with van der Waals surface area (Å²) in [4.78, 5) is 11.2. The summed E-state index contributed by atoms with van der Waals surface area (Å²) in [6.45, 7) is 5.25. The number of alkyl halides is 3. The van der Waals surface area contributed by atoms with Gasteiger partial charge < -0.3 is 29.6 Å². The second kappa shape index (κ2) is 12.1. The normalized spacial score (nSPS) is 14.7. The minimum atomic E-state index is -4.54. The molecule has 4 heterocycles. The van der Waals surface area contributed by atoms with Gasteiger partial charge in [0.05, 0.1) is 20.8 Å². The largest absolute Gasteiger partial charge is 0.497 e. The van der Waals surface area contributed by atoms with E-state index in [1.807, 2.05) is 73.5 Å². The van der Waals surface area contributed by atoms with E-state index in [-0.39, 0.29) is 25.0 Å². The van der Waals surface area contributed by atoms with Crippen molar-refractivity contribution in [3.63, 3.8) is 0 Å². The molecular formula is C32H33F3N8O2. The average Bonchev–Trinajstić information content (AvgIpc) is 3.46. The Morgan fingerprint density at radius 3 is 2.51 bits per heavy atom. The van der Waals surface area contributed by atoms with Crippen molar-refractivity contribution >= 4 is 28.1 Å². The number of methoxy groups -OCH3 is 2. The van der Waals surface area contributed by atoms with Gasteiger partial charge in [-0.15, -0.1) is 10.2 Å². The van der Waals surface area contributed by atoms with E-state index in [9.17, 15) is 13.2 Å². The molecule has 6 rings (SSSR count). The fourth-order valence-corrected chi connectivity index (χ4v) is 5.61. The molecule has 3 aromatic heterocycles. The van der Waals surface area contributed by atoms with E-state index in [1.165, 1.54) is 0 Å². The second-order valence-electron chi connectivity index (χ2n) is 10.9. The van der Waals surface area contributed by atoms with Crippen LogP contribution in [0.15, 0.2) is 60.9 Å². The van der Waals surface area contributed by atoms with Gasteiger partial charge in [-0.1, -0.05) is 12.1 Å². The lowest BCUT2D eigenvalue weighted by Crippen LogP contribution is -2.42. The fourth-order valence-electron chi connectivity index (χ4n) is 5.61. The standard InChI is InChI=1S/C32H33F3N8O2/c1-19-12-28(42-18-29-40-41-31(32(33,34)35)43(29)17-20(42)2)38-16-22(19)15-37-26-7-5-6-25-24(26)10-11-36-30(25)39-14-21-8-9-23(44-3)13-27(21)45-4/h5-13,16,20,37H,14-15,17-18H2,1-4H3,(H,36,39)/t20-/m1/s1. The van der Waals surface area contributed by atoms with Gasteiger partial charge in [-0.25, -0.2) is 9.97 Å². The molecule has 0 saturated carbocycles. The van der Waals surface area contributed by atoms with Crippen LogP contribution in [-0.4, -0.2) is 45.0 Å². The third kappa shape index (κ3) is 6.02. The van der Waals surface area contributed by atoms with Gasteiger partial charge in [-0.2, -0.15) is 13.2 Å². The molecule has 2 aromatic carbocycles. The maximum Gasteiger partial charge on any atom is 0.451 e. The Morgan fingerprint density at radius 2 is 1.76 bits per heavy atom. The molecule has 1 atom stereocenters. The zero-order valence-electron chi connectivity index (χ0n) is 25.3. The van der Waals surface area contributed by atoms with Crippen LogP contribution < -0.4 is 25.0 Å². The number of ether oxygens (including phenoxy) is 2. The van der Waals surface area contributed by atoms with E-state index < -0.39 is 12.0 Å². The highest BCUT2D eigenvalue weighted by Crippen LogP contribution is 2.33. The van der Waals surface area contributed by atoms with Crippen LogP contribution in [0.2, 0.25) is 0 Å². The third-order valence-electron chi connectivity index (χ3n) is 8.09. The Bertz CT molecular complexity index is 1840. The molecule has 0 fully saturated rings. The van der Waals surface area contributed by atoms with Crippen LogP contribution in [0.1, 0.15) is 35.3 Å². The first-order valence-corrected chi connectivity index (χ1v) is 14.4. The van der Waals surface area contributed by atoms with Crippen LogP contribution in [0, 0.1) is 6.92 Å². The van der Waals surface area contributed by atoms with Crippen LogP contribution in [0.4, 0.5) is 30.5 Å². The summed E-state index contributed by atoms with van der Waals surface area (Å²) in [6.07, 6.45) is -0.950. The summed E-state index contributed by atoms with van der Waals surface area (Å²) < 4.78 is 52.0. The van der Waals surface area contributed by atoms with Crippen LogP contribution in [0.5, 0.6) is 11.5 Å². The molecule has 0 amide bonds. The summed E-state index contributed by atoms with van der Waals surface area (Å²) in [6, 6.07) is 15.5. The molecule has 10 nitrogen and oxygen atoms in total. The third-order valence-corrected chi connectivity index (χ3v) is 8.09. The number of pyridine rings is 2. The van der Waals surface area contributed by atoms with Crippen LogP contribution in [0.3, 0.4) is 0 Å². The van der Waals surface area contributed by atoms with Gasteiger partial charge in [-0.3, -0.25) is 0 Å². The van der Waals surface area contributed by atoms with E-state index in [1.54, 1.807) is 20.4 Å². The number of aromatic nitrogens is 5. The highest BCUT2D eigenvalue weighted by atomic mass is 19.4. The van der Waals surface area contributed by atoms with E-state index in [2.05, 4.69) is 30.8 Å². The molecule has 2 N–H and O–H groups in total. The van der Waals surface area contributed by atoms with Crippen molar-refractivity contribution in [3.8, 4) is 11.5 Å². The van der Waals surface area contributed by atoms with E-state index in [0.717, 1.165) is 55.0 Å². The van der Waals surface area contributed by atoms with Gasteiger partial charge in [-0.05, 0) is 55.3 Å². The van der Waals surface area contributed by atoms with Crippen molar-refractivity contribution in [2.24, 2.45) is 0 Å². The van der Waals surface area contributed by atoms with Crippen LogP contribution in [-0.2, 0) is 32.4 Å². The molecule has 0 radical (unpaired) electrons. The molecule has 0 bridgehead atoms. The van der Waals surface area contributed by atoms with Gasteiger partial charge in [0, 0.05) is 66.2 Å². The minimum absolute atomic E-state index is 0.127. The van der Waals surface area contributed by atoms with E-state index >= 15 is 0 Å². The number of benzene rings is 2. The topological polar surface area (TPSA) is 102 Å². The summed E-state index contributed by atoms with van der Waals surface area (Å²) in [5.41, 5.74) is 3.94. The van der Waals surface area contributed by atoms with Gasteiger partial charge >= 0.3 is 6.18 Å². The first-order valence-electron chi connectivity index (χ1n) is 14.4. The lowest BCUT2D eigenvalue weighted by Gasteiger charge is -2.35. The number of nitrogens with zero attached hydrogens (tertiary/aromatic N) is 6. The molecule has 1 aliphatic rings. The number of aryl methyl sites for hydroxylation is 1. The number of hydrogen-bond donors (Lipinski definition) is 2. The Morgan fingerprint density at radius 1 is 0.933 bits per heavy atom. The van der Waals surface area contributed by atoms with Crippen molar-refractivity contribution in [3.05, 3.63) is 89.3 Å². The lowest BCUT2D eigenvalue weighted by molar-refractivity contribution is -0.147. The summed E-state index contributed by atoms with van der Waals surface area (Å²) in [7, 11) is 3.26. The van der Waals surface area contributed by atoms with Crippen LogP contribution >= 0.6 is 0 Å². The molecule has 0 unspecified atom stereocenters. The van der Waals surface area contributed by atoms with E-state index in [4.69, 9.17) is 9.47 Å². The first kappa shape index (κ1) is 30.0. The van der Waals surface area contributed by atoms with Gasteiger partial charge in [0.25, 0.3) is 0 Å². The molecular weight excluding hydrogens is 585 g/mol. The van der Waals surface area contributed by atoms with Gasteiger partial charge in [0.1, 0.15) is 23.1 Å². The van der Waals surface area contributed by atoms with Crippen LogP contribution in [0.25, 0.3) is 10.8 Å². The van der Waals surface area contributed by atoms with Crippen molar-refractivity contribution < 1.29 is 22.6 Å². The predicted octanol–water partition coefficient (Wildman–Crippen LogP) is 6.20. The van der Waals surface area contributed by atoms with E-state index in [0.29, 0.717) is 18.9 Å². The maximum absolute atomic E-state index is 13.3. The number of fused-ring (bicyclic) bond motifs is 2. The molecule has 0 saturated heterocycles. The number of rotatable bonds is 9. The molecule has 13 heteroatoms. The highest BCUT2D eigenvalue weighted by Gasteiger charge is 2.40. The number of halogens is 3. The smallest absolute Gasteiger partial charge is 0.451 e. The lowest BCUT2D eigenvalue weighted by atomic mass is 10.1. The summed E-state index contributed by atoms with van der Waals surface area (Å²) in [5, 5.41) is 16.2. The van der Waals surface area contributed by atoms with Crippen molar-refractivity contribution in [2.45, 2.75) is 52.2 Å². The molecule has 45 heavy (non-hydrogen) atoms. The molecule has 0 spiro atoms. The van der Waals surface area contributed by atoms with Gasteiger partial charge in [0.2, 0.25) is 5.82 Å². The predicted molar refractivity (Wildman–Crippen MR) is 166 cm³/mol. The van der Waals surface area contributed by atoms with Crippen molar-refractivity contribution in [1.29, 1.82) is 0 Å². The fraction of sp³-hybridized carbons (Fsp3) is 0.312. The molecule has 234 valence electrons. The number of hydrogen-bond acceptors (Lipinski definition) is 9. The summed E-state index contributed by atoms with van der Waals surface area (Å²) >= 11 is 0. The summed E-state index contributed by atoms with van der Waals surface area (Å²) in [5.74, 6) is 2.21. The molecule has 5 aromatic rings. The Hall–Kier alpha value is -5.07. The highest BCUT2D eigenvalue weighted by molar-refractivity contribution is 5.99. The number of nitrogens with one attached hydrogen (secondary N) is 2. The minimum Gasteiger partial charge on any atom is -0.497 e. The Labute approximate surface area is 258 Å². The Kier molecular flexibility index (Phi) is 8.09. The second-order valence-corrected chi connectivity index (χ2v) is 10.9. The Balaban J connectivity index is 1.16. The SMILES string of the molecule is COc1ccc(CNc2nccc3c(NCc4cnc(N5Cc6nnc(C(F)(F)F)n6C[C@H]5C)cc4C)cccc23)c(OC)c1. The molecule has 0 aliphatic carbocycles. The molecule has 1 aliphatic heterocycles. The zero-order valence-corrected chi connectivity index (χ0v) is 25.3. The van der Waals surface area contributed by atoms with Crippen molar-refractivity contribution in [1.82, 2.24) is 24.7 Å². The zero-order chi connectivity index (χ0) is 31.7. The maximum atomic E-state index is 13.3. The monoisotopic (exact) mass is 618 g/mol. The number of anilines is 3. The quantitative estimate of drug-likeness (QED) is 0.200. The van der Waals surface area contributed by atoms with Crippen molar-refractivity contribution in [2.75, 3.05) is 29.8 Å². The average molecular weight is 619 g/mol. The first-order chi connectivity index (χ1) is 21.7.